The summed E-state index contributed by atoms with van der Waals surface area (Å²) >= 11 is 12.2. The van der Waals surface area contributed by atoms with Gasteiger partial charge in [-0.05, 0) is 85.7 Å². The third kappa shape index (κ3) is 8.82. The van der Waals surface area contributed by atoms with Crippen LogP contribution >= 0.6 is 23.2 Å². The molecule has 2 atom stereocenters. The molecule has 4 aromatic rings. The Morgan fingerprint density at radius 2 is 0.963 bits per heavy atom. The van der Waals surface area contributed by atoms with Gasteiger partial charge in [0.1, 0.15) is 46.1 Å². The number of carbonyl (C=O) groups is 2. The van der Waals surface area contributed by atoms with Crippen molar-refractivity contribution >= 4 is 47.3 Å². The molecule has 2 aliphatic rings. The van der Waals surface area contributed by atoms with Crippen molar-refractivity contribution in [2.75, 3.05) is 0 Å². The summed E-state index contributed by atoms with van der Waals surface area (Å²) in [6, 6.07) is 12.2. The molecule has 0 bridgehead atoms. The number of ether oxygens (including phenoxy) is 4. The second-order valence-electron chi connectivity index (χ2n) is 11.6. The molecular formula is C36H22Cl2F8O8. The van der Waals surface area contributed by atoms with E-state index in [2.05, 4.69) is 0 Å². The smallest absolute Gasteiger partial charge is 0.430 e. The van der Waals surface area contributed by atoms with Crippen molar-refractivity contribution in [3.05, 3.63) is 116 Å². The van der Waals surface area contributed by atoms with Crippen molar-refractivity contribution in [2.24, 2.45) is 0 Å². The number of alkyl halides is 6. The zero-order valence-electron chi connectivity index (χ0n) is 27.2. The van der Waals surface area contributed by atoms with Gasteiger partial charge in [-0.25, -0.2) is 18.4 Å². The lowest BCUT2D eigenvalue weighted by molar-refractivity contribution is -0.187. The molecule has 2 N–H and O–H groups in total. The van der Waals surface area contributed by atoms with E-state index in [0.717, 1.165) is 36.4 Å². The van der Waals surface area contributed by atoms with Crippen LogP contribution in [-0.2, 0) is 9.59 Å². The molecule has 0 amide bonds. The lowest BCUT2D eigenvalue weighted by Crippen LogP contribution is -2.40. The maximum absolute atomic E-state index is 13.2. The lowest BCUT2D eigenvalue weighted by atomic mass is 10.0. The molecule has 0 spiro atoms. The van der Waals surface area contributed by atoms with Crippen molar-refractivity contribution in [3.63, 3.8) is 0 Å². The molecule has 4 aromatic carbocycles. The fourth-order valence-electron chi connectivity index (χ4n) is 5.08. The molecule has 2 heterocycles. The summed E-state index contributed by atoms with van der Waals surface area (Å²) in [7, 11) is 0. The maximum Gasteiger partial charge on any atom is 0.430 e. The second kappa shape index (κ2) is 15.1. The molecule has 6 rings (SSSR count). The van der Waals surface area contributed by atoms with E-state index >= 15 is 0 Å². The number of carboxylic acids is 2. The van der Waals surface area contributed by atoms with E-state index in [4.69, 9.17) is 52.4 Å². The highest BCUT2D eigenvalue weighted by atomic mass is 35.5. The fraction of sp³-hybridized carbons (Fsp3) is 0.167. The number of rotatable bonds is 6. The van der Waals surface area contributed by atoms with Gasteiger partial charge in [-0.3, -0.25) is 0 Å². The van der Waals surface area contributed by atoms with Crippen LogP contribution in [0.2, 0.25) is 10.0 Å². The van der Waals surface area contributed by atoms with E-state index in [-0.39, 0.29) is 55.7 Å². The first-order chi connectivity index (χ1) is 25.1. The minimum atomic E-state index is -4.92. The van der Waals surface area contributed by atoms with Crippen molar-refractivity contribution in [2.45, 2.75) is 38.4 Å². The standard InChI is InChI=1S/2C18H11ClF4O4/c2*1-8-4-10(20)2-3-13(8)26-15-7-14-9(6-12(15)19)5-11(17(24)25)16(27-14)18(21,22)23/h2*2-7,16H,1H3,(H,24,25)/t16-;/m0./s1. The van der Waals surface area contributed by atoms with Crippen molar-refractivity contribution in [3.8, 4) is 34.5 Å². The highest BCUT2D eigenvalue weighted by Crippen LogP contribution is 2.44. The van der Waals surface area contributed by atoms with Crippen LogP contribution in [-0.4, -0.2) is 46.7 Å². The zero-order chi connectivity index (χ0) is 39.9. The molecular weight excluding hydrogens is 783 g/mol. The van der Waals surface area contributed by atoms with Gasteiger partial charge >= 0.3 is 24.3 Å². The Morgan fingerprint density at radius 3 is 1.26 bits per heavy atom. The predicted molar refractivity (Wildman–Crippen MR) is 177 cm³/mol. The van der Waals surface area contributed by atoms with E-state index < -0.39 is 59.3 Å². The summed E-state index contributed by atoms with van der Waals surface area (Å²) in [5, 5.41) is 18.1. The largest absolute Gasteiger partial charge is 0.478 e. The molecule has 18 heteroatoms. The summed E-state index contributed by atoms with van der Waals surface area (Å²) in [5.74, 6) is -4.44. The Hall–Kier alpha value is -5.48. The Bertz CT molecular complexity index is 2060. The van der Waals surface area contributed by atoms with Gasteiger partial charge in [-0.15, -0.1) is 0 Å². The van der Waals surface area contributed by atoms with Crippen LogP contribution in [0.4, 0.5) is 35.1 Å². The van der Waals surface area contributed by atoms with Gasteiger partial charge < -0.3 is 29.2 Å². The first kappa shape index (κ1) is 39.7. The number of benzene rings is 4. The molecule has 0 saturated carbocycles. The summed E-state index contributed by atoms with van der Waals surface area (Å²) in [6.07, 6.45) is -13.4. The molecule has 8 nitrogen and oxygen atoms in total. The minimum absolute atomic E-state index is 0.0155. The Kier molecular flexibility index (Phi) is 11.1. The van der Waals surface area contributed by atoms with Crippen LogP contribution in [0.1, 0.15) is 22.3 Å². The van der Waals surface area contributed by atoms with Gasteiger partial charge in [0.15, 0.2) is 0 Å². The minimum Gasteiger partial charge on any atom is -0.478 e. The third-order valence-corrected chi connectivity index (χ3v) is 8.20. The number of carboxylic acid groups (broad SMARTS) is 2. The van der Waals surface area contributed by atoms with Crippen LogP contribution in [0, 0.1) is 25.5 Å². The molecule has 0 aromatic heterocycles. The average molecular weight is 805 g/mol. The summed E-state index contributed by atoms with van der Waals surface area (Å²) in [5.41, 5.74) is -0.859. The van der Waals surface area contributed by atoms with Crippen LogP contribution < -0.4 is 18.9 Å². The zero-order valence-corrected chi connectivity index (χ0v) is 28.7. The Labute approximate surface area is 309 Å². The molecule has 2 aliphatic heterocycles. The molecule has 54 heavy (non-hydrogen) atoms. The molecule has 0 fully saturated rings. The number of aliphatic carboxylic acids is 2. The maximum atomic E-state index is 13.2. The highest BCUT2D eigenvalue weighted by Gasteiger charge is 2.49. The molecule has 1 unspecified atom stereocenters. The number of halogens is 10. The molecule has 0 aliphatic carbocycles. The number of hydrogen-bond acceptors (Lipinski definition) is 6. The van der Waals surface area contributed by atoms with Gasteiger partial charge in [0, 0.05) is 23.3 Å². The molecule has 284 valence electrons. The quantitative estimate of drug-likeness (QED) is 0.185. The van der Waals surface area contributed by atoms with Gasteiger partial charge in [-0.1, -0.05) is 23.2 Å². The van der Waals surface area contributed by atoms with E-state index in [9.17, 15) is 44.7 Å². The summed E-state index contributed by atoms with van der Waals surface area (Å²) < 4.78 is 126. The SMILES string of the molecule is Cc1cc(F)ccc1Oc1cc2c(cc1Cl)C=C(C(=O)O)C(C(F)(F)F)O2.Cc1cc(F)ccc1Oc1cc2c(cc1Cl)C=C(C(=O)O)[C@@H](C(F)(F)F)O2. The lowest BCUT2D eigenvalue weighted by Gasteiger charge is -2.27. The average Bonchev–Trinajstić information content (AvgIpc) is 3.06. The van der Waals surface area contributed by atoms with Crippen LogP contribution in [0.5, 0.6) is 34.5 Å². The third-order valence-electron chi connectivity index (χ3n) is 7.61. The van der Waals surface area contributed by atoms with Gasteiger partial charge in [0.2, 0.25) is 12.2 Å². The van der Waals surface area contributed by atoms with E-state index in [1.807, 2.05) is 0 Å². The molecule has 0 saturated heterocycles. The number of aryl methyl sites for hydroxylation is 2. The molecule has 0 radical (unpaired) electrons. The van der Waals surface area contributed by atoms with Gasteiger partial charge in [0.05, 0.1) is 21.2 Å². The second-order valence-corrected chi connectivity index (χ2v) is 12.4. The number of fused-ring (bicyclic) bond motifs is 2. The van der Waals surface area contributed by atoms with Crippen molar-refractivity contribution in [1.29, 1.82) is 0 Å². The van der Waals surface area contributed by atoms with Crippen molar-refractivity contribution < 1.29 is 73.9 Å². The Morgan fingerprint density at radius 1 is 0.611 bits per heavy atom. The first-order valence-corrected chi connectivity index (χ1v) is 15.8. The van der Waals surface area contributed by atoms with Crippen molar-refractivity contribution in [1.82, 2.24) is 0 Å². The topological polar surface area (TPSA) is 112 Å². The normalized spacial score (nSPS) is 16.2. The predicted octanol–water partition coefficient (Wildman–Crippen LogP) is 10.7. The monoisotopic (exact) mass is 804 g/mol. The number of hydrogen-bond donors (Lipinski definition) is 2. The van der Waals surface area contributed by atoms with Gasteiger partial charge in [-0.2, -0.15) is 26.3 Å². The fourth-order valence-corrected chi connectivity index (χ4v) is 5.50. The van der Waals surface area contributed by atoms with Crippen LogP contribution in [0.15, 0.2) is 71.8 Å². The van der Waals surface area contributed by atoms with Crippen LogP contribution in [0.3, 0.4) is 0 Å². The highest BCUT2D eigenvalue weighted by molar-refractivity contribution is 6.32. The van der Waals surface area contributed by atoms with Gasteiger partial charge in [0.25, 0.3) is 0 Å². The van der Waals surface area contributed by atoms with E-state index in [1.54, 1.807) is 13.8 Å². The first-order valence-electron chi connectivity index (χ1n) is 15.0. The Balaban J connectivity index is 0.000000208. The van der Waals surface area contributed by atoms with Crippen LogP contribution in [0.25, 0.3) is 12.2 Å². The van der Waals surface area contributed by atoms with E-state index in [0.29, 0.717) is 11.1 Å². The van der Waals surface area contributed by atoms with E-state index in [1.165, 1.54) is 36.4 Å². The summed E-state index contributed by atoms with van der Waals surface area (Å²) in [4.78, 5) is 22.3. The summed E-state index contributed by atoms with van der Waals surface area (Å²) in [6.45, 7) is 3.17.